The number of amides is 1. The molecule has 0 spiro atoms. The van der Waals surface area contributed by atoms with E-state index in [2.05, 4.69) is 12.2 Å². The lowest BCUT2D eigenvalue weighted by Gasteiger charge is -2.17. The lowest BCUT2D eigenvalue weighted by molar-refractivity contribution is -0.139. The molecule has 1 unspecified atom stereocenters. The van der Waals surface area contributed by atoms with Gasteiger partial charge in [-0.1, -0.05) is 56.9 Å². The Morgan fingerprint density at radius 1 is 0.902 bits per heavy atom. The van der Waals surface area contributed by atoms with Crippen LogP contribution in [0.3, 0.4) is 0 Å². The number of carboxylic acid groups (broad SMARTS) is 1. The van der Waals surface area contributed by atoms with Gasteiger partial charge in [0, 0.05) is 12.0 Å². The van der Waals surface area contributed by atoms with Gasteiger partial charge in [0.05, 0.1) is 25.9 Å². The maximum atomic E-state index is 12.8. The lowest BCUT2D eigenvalue weighted by Crippen LogP contribution is -2.42. The zero-order valence-electron chi connectivity index (χ0n) is 23.4. The van der Waals surface area contributed by atoms with Crippen molar-refractivity contribution in [2.24, 2.45) is 0 Å². The molecule has 0 aliphatic heterocycles. The monoisotopic (exact) mass is 563 g/mol. The summed E-state index contributed by atoms with van der Waals surface area (Å²) in [5, 5.41) is 21.7. The molecule has 9 heteroatoms. The molecule has 41 heavy (non-hydrogen) atoms. The second kappa shape index (κ2) is 16.0. The summed E-state index contributed by atoms with van der Waals surface area (Å²) in [6.07, 6.45) is 5.69. The topological polar surface area (TPSA) is 131 Å². The van der Waals surface area contributed by atoms with Crippen LogP contribution in [0.15, 0.2) is 66.7 Å². The van der Waals surface area contributed by atoms with Crippen molar-refractivity contribution in [3.05, 3.63) is 89.0 Å². The number of hydrogen-bond donors (Lipinski definition) is 3. The third-order valence-electron chi connectivity index (χ3n) is 6.51. The van der Waals surface area contributed by atoms with E-state index in [-0.39, 0.29) is 30.1 Å². The Morgan fingerprint density at radius 2 is 1.63 bits per heavy atom. The standard InChI is InChI=1S/C32H37NO8/c1-3-4-5-6-9-18-40-25-15-13-23(14-16-25)32(38)41-28-17-12-22(20-29(28)39-2)19-27(31(36)37)33-30(35)26-11-8-7-10-24(26)21-34/h7-8,10-17,20,27,34H,3-6,9,18-19,21H2,1-2H3,(H,33,35)(H,36,37). The van der Waals surface area contributed by atoms with Crippen molar-refractivity contribution in [1.29, 1.82) is 0 Å². The fourth-order valence-corrected chi connectivity index (χ4v) is 4.22. The average Bonchev–Trinajstić information content (AvgIpc) is 2.99. The number of aliphatic hydroxyl groups excluding tert-OH is 1. The first-order chi connectivity index (χ1) is 19.9. The lowest BCUT2D eigenvalue weighted by atomic mass is 10.0. The van der Waals surface area contributed by atoms with Gasteiger partial charge < -0.3 is 29.7 Å². The van der Waals surface area contributed by atoms with Crippen LogP contribution < -0.4 is 19.5 Å². The van der Waals surface area contributed by atoms with Crippen molar-refractivity contribution in [3.63, 3.8) is 0 Å². The van der Waals surface area contributed by atoms with Crippen LogP contribution in [0.2, 0.25) is 0 Å². The largest absolute Gasteiger partial charge is 0.494 e. The summed E-state index contributed by atoms with van der Waals surface area (Å²) in [7, 11) is 1.41. The van der Waals surface area contributed by atoms with E-state index in [1.54, 1.807) is 54.6 Å². The van der Waals surface area contributed by atoms with Gasteiger partial charge >= 0.3 is 11.9 Å². The number of nitrogens with one attached hydrogen (secondary N) is 1. The van der Waals surface area contributed by atoms with Gasteiger partial charge in [-0.25, -0.2) is 9.59 Å². The Labute approximate surface area is 240 Å². The Balaban J connectivity index is 1.61. The molecule has 0 saturated heterocycles. The summed E-state index contributed by atoms with van der Waals surface area (Å²) >= 11 is 0. The third kappa shape index (κ3) is 9.36. The molecule has 3 aromatic carbocycles. The van der Waals surface area contributed by atoms with Crippen molar-refractivity contribution in [2.45, 2.75) is 58.1 Å². The maximum absolute atomic E-state index is 12.8. The fourth-order valence-electron chi connectivity index (χ4n) is 4.22. The zero-order chi connectivity index (χ0) is 29.6. The first kappa shape index (κ1) is 31.2. The number of carbonyl (C=O) groups is 3. The first-order valence-electron chi connectivity index (χ1n) is 13.7. The quantitative estimate of drug-likeness (QED) is 0.123. The number of esters is 1. The predicted octanol–water partition coefficient (Wildman–Crippen LogP) is 5.18. The second-order valence-electron chi connectivity index (χ2n) is 9.55. The third-order valence-corrected chi connectivity index (χ3v) is 6.51. The molecule has 0 aliphatic carbocycles. The van der Waals surface area contributed by atoms with Gasteiger partial charge in [-0.2, -0.15) is 0 Å². The molecule has 0 aliphatic rings. The number of hydrogen-bond acceptors (Lipinski definition) is 7. The second-order valence-corrected chi connectivity index (χ2v) is 9.55. The van der Waals surface area contributed by atoms with E-state index < -0.39 is 23.9 Å². The number of aliphatic hydroxyl groups is 1. The summed E-state index contributed by atoms with van der Waals surface area (Å²) in [5.41, 5.74) is 1.47. The van der Waals surface area contributed by atoms with Gasteiger partial charge in [-0.05, 0) is 60.0 Å². The number of carbonyl (C=O) groups excluding carboxylic acids is 2. The first-order valence-corrected chi connectivity index (χ1v) is 13.7. The summed E-state index contributed by atoms with van der Waals surface area (Å²) in [5.74, 6) is -1.33. The highest BCUT2D eigenvalue weighted by Gasteiger charge is 2.23. The molecule has 9 nitrogen and oxygen atoms in total. The Hall–Kier alpha value is -4.37. The molecule has 1 atom stereocenters. The minimum Gasteiger partial charge on any atom is -0.494 e. The van der Waals surface area contributed by atoms with Crippen molar-refractivity contribution in [3.8, 4) is 17.2 Å². The highest BCUT2D eigenvalue weighted by atomic mass is 16.6. The van der Waals surface area contributed by atoms with Crippen LogP contribution in [-0.4, -0.2) is 47.8 Å². The van der Waals surface area contributed by atoms with Crippen LogP contribution in [0.4, 0.5) is 0 Å². The summed E-state index contributed by atoms with van der Waals surface area (Å²) < 4.78 is 16.7. The van der Waals surface area contributed by atoms with E-state index in [1.807, 2.05) is 0 Å². The van der Waals surface area contributed by atoms with E-state index in [4.69, 9.17) is 14.2 Å². The molecular formula is C32H37NO8. The molecule has 3 aromatic rings. The van der Waals surface area contributed by atoms with Gasteiger partial charge in [-0.3, -0.25) is 4.79 Å². The van der Waals surface area contributed by atoms with Gasteiger partial charge in [0.15, 0.2) is 11.5 Å². The highest BCUT2D eigenvalue weighted by Crippen LogP contribution is 2.29. The number of methoxy groups -OCH3 is 1. The molecular weight excluding hydrogens is 526 g/mol. The Morgan fingerprint density at radius 3 is 2.32 bits per heavy atom. The van der Waals surface area contributed by atoms with E-state index >= 15 is 0 Å². The minimum absolute atomic E-state index is 0.0486. The van der Waals surface area contributed by atoms with E-state index in [9.17, 15) is 24.6 Å². The van der Waals surface area contributed by atoms with Crippen LogP contribution in [-0.2, 0) is 17.8 Å². The number of ether oxygens (including phenoxy) is 3. The van der Waals surface area contributed by atoms with Crippen LogP contribution in [0, 0.1) is 0 Å². The van der Waals surface area contributed by atoms with Crippen LogP contribution >= 0.6 is 0 Å². The molecule has 3 rings (SSSR count). The summed E-state index contributed by atoms with van der Waals surface area (Å²) in [4.78, 5) is 37.4. The Bertz CT molecular complexity index is 1310. The molecule has 0 heterocycles. The maximum Gasteiger partial charge on any atom is 0.343 e. The SMILES string of the molecule is CCCCCCCOc1ccc(C(=O)Oc2ccc(CC(NC(=O)c3ccccc3CO)C(=O)O)cc2OC)cc1. The van der Waals surface area contributed by atoms with Crippen molar-refractivity contribution >= 4 is 17.8 Å². The summed E-state index contributed by atoms with van der Waals surface area (Å²) in [6, 6.07) is 16.6. The van der Waals surface area contributed by atoms with Crippen LogP contribution in [0.5, 0.6) is 17.2 Å². The molecule has 218 valence electrons. The number of unbranched alkanes of at least 4 members (excludes halogenated alkanes) is 4. The number of aliphatic carboxylic acids is 1. The van der Waals surface area contributed by atoms with Crippen molar-refractivity contribution in [1.82, 2.24) is 5.32 Å². The molecule has 1 amide bonds. The minimum atomic E-state index is -1.25. The van der Waals surface area contributed by atoms with E-state index in [1.165, 1.54) is 38.5 Å². The van der Waals surface area contributed by atoms with Gasteiger partial charge in [0.25, 0.3) is 5.91 Å². The van der Waals surface area contributed by atoms with Crippen molar-refractivity contribution in [2.75, 3.05) is 13.7 Å². The number of benzene rings is 3. The zero-order valence-corrected chi connectivity index (χ0v) is 23.4. The molecule has 0 radical (unpaired) electrons. The molecule has 0 fully saturated rings. The van der Waals surface area contributed by atoms with Crippen molar-refractivity contribution < 1.29 is 38.8 Å². The Kier molecular flexibility index (Phi) is 12.2. The van der Waals surface area contributed by atoms with E-state index in [0.29, 0.717) is 29.0 Å². The van der Waals surface area contributed by atoms with E-state index in [0.717, 1.165) is 12.8 Å². The fraction of sp³-hybridized carbons (Fsp3) is 0.344. The van der Waals surface area contributed by atoms with Gasteiger partial charge in [-0.15, -0.1) is 0 Å². The molecule has 0 bridgehead atoms. The summed E-state index contributed by atoms with van der Waals surface area (Å²) in [6.45, 7) is 2.45. The predicted molar refractivity (Wildman–Crippen MR) is 154 cm³/mol. The molecule has 0 saturated carbocycles. The normalized spacial score (nSPS) is 11.4. The smallest absolute Gasteiger partial charge is 0.343 e. The van der Waals surface area contributed by atoms with Gasteiger partial charge in [0.1, 0.15) is 11.8 Å². The van der Waals surface area contributed by atoms with Crippen LogP contribution in [0.25, 0.3) is 0 Å². The number of rotatable bonds is 16. The molecule has 0 aromatic heterocycles. The molecule has 3 N–H and O–H groups in total. The average molecular weight is 564 g/mol. The highest BCUT2D eigenvalue weighted by molar-refractivity contribution is 5.98. The van der Waals surface area contributed by atoms with Crippen LogP contribution in [0.1, 0.15) is 70.9 Å². The van der Waals surface area contributed by atoms with Gasteiger partial charge in [0.2, 0.25) is 0 Å². The number of carboxylic acids is 1.